The Morgan fingerprint density at radius 2 is 2.19 bits per heavy atom. The summed E-state index contributed by atoms with van der Waals surface area (Å²) < 4.78 is 6.22. The SMILES string of the molecule is CN1CC[C@]23c4c5ccc(O)c4O[C@H]2C(=O)C=C[C@@]3(CCCCCN)[C@H]1C5. The summed E-state index contributed by atoms with van der Waals surface area (Å²) in [5.74, 6) is 0.767. The molecule has 27 heavy (non-hydrogen) atoms. The molecule has 144 valence electrons. The van der Waals surface area contributed by atoms with Crippen molar-refractivity contribution < 1.29 is 14.6 Å². The fraction of sp³-hybridized carbons (Fsp3) is 0.591. The van der Waals surface area contributed by atoms with E-state index in [0.29, 0.717) is 11.8 Å². The van der Waals surface area contributed by atoms with Gasteiger partial charge in [0.1, 0.15) is 0 Å². The van der Waals surface area contributed by atoms with E-state index in [0.717, 1.165) is 57.2 Å². The number of likely N-dealkylation sites (tertiary alicyclic amines) is 1. The van der Waals surface area contributed by atoms with Crippen molar-refractivity contribution in [2.24, 2.45) is 11.1 Å². The van der Waals surface area contributed by atoms with E-state index in [1.807, 2.05) is 6.07 Å². The van der Waals surface area contributed by atoms with Gasteiger partial charge in [0.05, 0.1) is 5.41 Å². The first-order chi connectivity index (χ1) is 13.0. The fourth-order valence-electron chi connectivity index (χ4n) is 6.54. The van der Waals surface area contributed by atoms with Gasteiger partial charge in [0, 0.05) is 17.0 Å². The number of hydrogen-bond acceptors (Lipinski definition) is 5. The van der Waals surface area contributed by atoms with Crippen molar-refractivity contribution in [3.8, 4) is 11.5 Å². The number of likely N-dealkylation sites (N-methyl/N-ethyl adjacent to an activating group) is 1. The van der Waals surface area contributed by atoms with Crippen LogP contribution in [0.15, 0.2) is 24.3 Å². The lowest BCUT2D eigenvalue weighted by molar-refractivity contribution is -0.134. The smallest absolute Gasteiger partial charge is 0.196 e. The van der Waals surface area contributed by atoms with Gasteiger partial charge in [-0.1, -0.05) is 25.0 Å². The number of rotatable bonds is 5. The average molecular weight is 368 g/mol. The zero-order valence-corrected chi connectivity index (χ0v) is 15.9. The normalized spacial score (nSPS) is 35.9. The lowest BCUT2D eigenvalue weighted by Gasteiger charge is -2.63. The molecule has 2 aliphatic heterocycles. The van der Waals surface area contributed by atoms with Gasteiger partial charge in [-0.25, -0.2) is 0 Å². The molecule has 5 rings (SSSR count). The second-order valence-electron chi connectivity index (χ2n) is 8.74. The number of benzene rings is 1. The van der Waals surface area contributed by atoms with E-state index < -0.39 is 6.10 Å². The van der Waals surface area contributed by atoms with Crippen LogP contribution >= 0.6 is 0 Å². The van der Waals surface area contributed by atoms with Crippen LogP contribution < -0.4 is 10.5 Å². The van der Waals surface area contributed by atoms with Gasteiger partial charge in [0.25, 0.3) is 0 Å². The van der Waals surface area contributed by atoms with Gasteiger partial charge >= 0.3 is 0 Å². The molecule has 1 spiro atoms. The van der Waals surface area contributed by atoms with Crippen LogP contribution in [0.3, 0.4) is 0 Å². The van der Waals surface area contributed by atoms with Crippen molar-refractivity contribution in [3.05, 3.63) is 35.4 Å². The van der Waals surface area contributed by atoms with Gasteiger partial charge in [-0.2, -0.15) is 0 Å². The molecular formula is C22H28N2O3. The van der Waals surface area contributed by atoms with Crippen LogP contribution in [0.2, 0.25) is 0 Å². The second-order valence-corrected chi connectivity index (χ2v) is 8.74. The Labute approximate surface area is 160 Å². The van der Waals surface area contributed by atoms with Gasteiger partial charge < -0.3 is 20.5 Å². The Bertz CT molecular complexity index is 835. The number of hydrogen-bond donors (Lipinski definition) is 2. The summed E-state index contributed by atoms with van der Waals surface area (Å²) in [6.07, 6.45) is 9.56. The highest BCUT2D eigenvalue weighted by Gasteiger charge is 2.71. The number of phenols is 1. The second kappa shape index (κ2) is 5.82. The molecule has 0 saturated carbocycles. The summed E-state index contributed by atoms with van der Waals surface area (Å²) in [4.78, 5) is 15.4. The monoisotopic (exact) mass is 368 g/mol. The van der Waals surface area contributed by atoms with E-state index >= 15 is 0 Å². The summed E-state index contributed by atoms with van der Waals surface area (Å²) in [6, 6.07) is 4.11. The van der Waals surface area contributed by atoms with E-state index in [-0.39, 0.29) is 22.4 Å². The van der Waals surface area contributed by atoms with Gasteiger partial charge in [-0.15, -0.1) is 0 Å². The number of phenolic OH excluding ortho intramolecular Hbond substituents is 1. The zero-order chi connectivity index (χ0) is 18.8. The molecule has 2 aliphatic carbocycles. The van der Waals surface area contributed by atoms with Crippen LogP contribution in [0.4, 0.5) is 0 Å². The maximum atomic E-state index is 12.9. The number of ketones is 1. The molecule has 2 heterocycles. The molecule has 0 amide bonds. The van der Waals surface area contributed by atoms with Crippen molar-refractivity contribution in [2.75, 3.05) is 20.1 Å². The minimum atomic E-state index is -0.504. The highest BCUT2D eigenvalue weighted by atomic mass is 16.5. The number of nitrogens with two attached hydrogens (primary N) is 1. The molecule has 1 aromatic carbocycles. The van der Waals surface area contributed by atoms with E-state index in [2.05, 4.69) is 18.0 Å². The number of unbranched alkanes of at least 4 members (excludes halogenated alkanes) is 2. The zero-order valence-electron chi connectivity index (χ0n) is 15.9. The molecule has 0 aromatic heterocycles. The molecule has 5 nitrogen and oxygen atoms in total. The lowest BCUT2D eigenvalue weighted by Crippen LogP contribution is -2.70. The third-order valence-electron chi connectivity index (χ3n) is 7.68. The highest BCUT2D eigenvalue weighted by Crippen LogP contribution is 2.68. The molecule has 1 saturated heterocycles. The Hall–Kier alpha value is -1.85. The Morgan fingerprint density at radius 3 is 3.00 bits per heavy atom. The first-order valence-corrected chi connectivity index (χ1v) is 10.2. The van der Waals surface area contributed by atoms with Gasteiger partial charge in [0.15, 0.2) is 23.4 Å². The van der Waals surface area contributed by atoms with Gasteiger partial charge in [-0.05, 0) is 63.5 Å². The topological polar surface area (TPSA) is 75.8 Å². The van der Waals surface area contributed by atoms with Crippen LogP contribution in [0.25, 0.3) is 0 Å². The van der Waals surface area contributed by atoms with E-state index in [1.165, 1.54) is 5.56 Å². The molecule has 0 radical (unpaired) electrons. The molecule has 5 heteroatoms. The third kappa shape index (κ3) is 1.99. The van der Waals surface area contributed by atoms with Gasteiger partial charge in [-0.3, -0.25) is 4.79 Å². The molecule has 4 aliphatic rings. The first-order valence-electron chi connectivity index (χ1n) is 10.2. The number of nitrogens with zero attached hydrogens (tertiary/aromatic N) is 1. The molecule has 2 bridgehead atoms. The Kier molecular flexibility index (Phi) is 3.72. The van der Waals surface area contributed by atoms with Gasteiger partial charge in [0.2, 0.25) is 0 Å². The molecular weight excluding hydrogens is 340 g/mol. The molecule has 1 aromatic rings. The van der Waals surface area contributed by atoms with Crippen LogP contribution in [0.5, 0.6) is 11.5 Å². The third-order valence-corrected chi connectivity index (χ3v) is 7.68. The summed E-state index contributed by atoms with van der Waals surface area (Å²) >= 11 is 0. The fourth-order valence-corrected chi connectivity index (χ4v) is 6.54. The highest BCUT2D eigenvalue weighted by molar-refractivity contribution is 5.98. The minimum absolute atomic E-state index is 0.0411. The predicted molar refractivity (Wildman–Crippen MR) is 103 cm³/mol. The van der Waals surface area contributed by atoms with Crippen LogP contribution in [-0.4, -0.2) is 48.1 Å². The van der Waals surface area contributed by atoms with Crippen molar-refractivity contribution in [3.63, 3.8) is 0 Å². The van der Waals surface area contributed by atoms with Crippen molar-refractivity contribution in [1.82, 2.24) is 4.90 Å². The van der Waals surface area contributed by atoms with Crippen molar-refractivity contribution in [2.45, 2.75) is 56.1 Å². The standard InChI is InChI=1S/C22H28N2O3/c1-24-12-10-22-18-14-5-6-15(25)19(18)27-20(22)16(26)7-9-21(22,17(24)13-14)8-3-2-4-11-23/h5-7,9,17,20,25H,2-4,8,10-13,23H2,1H3/t17-,20+,21+,22+/m1/s1. The van der Waals surface area contributed by atoms with Crippen molar-refractivity contribution >= 4 is 5.78 Å². The van der Waals surface area contributed by atoms with E-state index in [4.69, 9.17) is 10.5 Å². The van der Waals surface area contributed by atoms with E-state index in [9.17, 15) is 9.90 Å². The number of aromatic hydroxyl groups is 1. The van der Waals surface area contributed by atoms with Crippen LogP contribution in [0.1, 0.15) is 43.2 Å². The first kappa shape index (κ1) is 17.3. The number of piperidine rings is 1. The quantitative estimate of drug-likeness (QED) is 0.780. The average Bonchev–Trinajstić information content (AvgIpc) is 3.02. The molecule has 0 unspecified atom stereocenters. The molecule has 1 fully saturated rings. The summed E-state index contributed by atoms with van der Waals surface area (Å²) in [5.41, 5.74) is 7.59. The van der Waals surface area contributed by atoms with Crippen LogP contribution in [0, 0.1) is 5.41 Å². The Morgan fingerprint density at radius 1 is 1.33 bits per heavy atom. The number of carbonyl (C=O) groups is 1. The summed E-state index contributed by atoms with van der Waals surface area (Å²) in [5, 5.41) is 10.5. The maximum Gasteiger partial charge on any atom is 0.196 e. The maximum absolute atomic E-state index is 12.9. The minimum Gasteiger partial charge on any atom is -0.504 e. The number of ether oxygens (including phenoxy) is 1. The largest absolute Gasteiger partial charge is 0.504 e. The molecule has 3 N–H and O–H groups in total. The number of carbonyl (C=O) groups excluding carboxylic acids is 1. The Balaban J connectivity index is 1.72. The lowest BCUT2D eigenvalue weighted by atomic mass is 9.44. The predicted octanol–water partition coefficient (Wildman–Crippen LogP) is 2.30. The van der Waals surface area contributed by atoms with E-state index in [1.54, 1.807) is 12.1 Å². The van der Waals surface area contributed by atoms with Crippen molar-refractivity contribution in [1.29, 1.82) is 0 Å². The molecule has 4 atom stereocenters. The summed E-state index contributed by atoms with van der Waals surface area (Å²) in [7, 11) is 2.21. The summed E-state index contributed by atoms with van der Waals surface area (Å²) in [6.45, 7) is 1.67. The van der Waals surface area contributed by atoms with Crippen LogP contribution in [-0.2, 0) is 16.6 Å².